The number of piperidine rings is 1. The van der Waals surface area contributed by atoms with Crippen LogP contribution in [0.3, 0.4) is 0 Å². The number of hydrogen-bond donors (Lipinski definition) is 2. The fourth-order valence-corrected chi connectivity index (χ4v) is 5.74. The molecule has 1 aromatic rings. The van der Waals surface area contributed by atoms with E-state index < -0.39 is 23.2 Å². The molecule has 3 fully saturated rings. The van der Waals surface area contributed by atoms with E-state index in [-0.39, 0.29) is 18.8 Å². The molecule has 0 bridgehead atoms. The number of aromatic nitrogens is 2. The van der Waals surface area contributed by atoms with Gasteiger partial charge in [-0.25, -0.2) is 18.7 Å². The molecular formula is C19H30F2N6O3S. The van der Waals surface area contributed by atoms with Crippen molar-refractivity contribution in [2.24, 2.45) is 5.41 Å². The Morgan fingerprint density at radius 3 is 2.65 bits per heavy atom. The van der Waals surface area contributed by atoms with Crippen LogP contribution in [0, 0.1) is 5.41 Å². The molecular weight excluding hydrogens is 430 g/mol. The Labute approximate surface area is 181 Å². The van der Waals surface area contributed by atoms with Crippen molar-refractivity contribution in [2.45, 2.75) is 44.3 Å². The molecule has 3 saturated heterocycles. The molecule has 3 aliphatic rings. The number of alkyl halides is 2. The lowest BCUT2D eigenvalue weighted by atomic mass is 9.72. The van der Waals surface area contributed by atoms with E-state index in [1.807, 2.05) is 10.8 Å². The third-order valence-electron chi connectivity index (χ3n) is 6.44. The number of anilines is 1. The zero-order chi connectivity index (χ0) is 21.9. The van der Waals surface area contributed by atoms with Crippen LogP contribution in [0.1, 0.15) is 25.7 Å². The molecule has 12 heteroatoms. The highest BCUT2D eigenvalue weighted by molar-refractivity contribution is 7.87. The van der Waals surface area contributed by atoms with Gasteiger partial charge in [0.15, 0.2) is 0 Å². The molecule has 0 amide bonds. The molecule has 2 N–H and O–H groups in total. The maximum Gasteiger partial charge on any atom is 0.277 e. The number of halogens is 2. The van der Waals surface area contributed by atoms with Crippen molar-refractivity contribution >= 4 is 16.0 Å². The lowest BCUT2D eigenvalue weighted by Crippen LogP contribution is -2.61. The van der Waals surface area contributed by atoms with Gasteiger partial charge in [-0.05, 0) is 44.8 Å². The van der Waals surface area contributed by atoms with Crippen LogP contribution in [-0.2, 0) is 14.9 Å². The number of ether oxygens (including phenoxy) is 1. The van der Waals surface area contributed by atoms with E-state index in [2.05, 4.69) is 24.5 Å². The van der Waals surface area contributed by atoms with E-state index in [4.69, 9.17) is 4.74 Å². The molecule has 0 unspecified atom stereocenters. The molecule has 2 atom stereocenters. The molecule has 4 heterocycles. The van der Waals surface area contributed by atoms with Crippen molar-refractivity contribution in [3.63, 3.8) is 0 Å². The lowest BCUT2D eigenvalue weighted by molar-refractivity contribution is -0.0299. The van der Waals surface area contributed by atoms with Crippen molar-refractivity contribution in [1.29, 1.82) is 0 Å². The summed E-state index contributed by atoms with van der Waals surface area (Å²) in [5.41, 5.74) is 0.378. The Morgan fingerprint density at radius 1 is 1.26 bits per heavy atom. The first-order valence-corrected chi connectivity index (χ1v) is 12.2. The van der Waals surface area contributed by atoms with Crippen LogP contribution >= 0.6 is 0 Å². The highest BCUT2D eigenvalue weighted by Crippen LogP contribution is 2.42. The molecule has 3 aliphatic heterocycles. The Morgan fingerprint density at radius 2 is 2.03 bits per heavy atom. The summed E-state index contributed by atoms with van der Waals surface area (Å²) in [5.74, 6) is 0.994. The summed E-state index contributed by atoms with van der Waals surface area (Å²) in [4.78, 5) is 13.0. The zero-order valence-corrected chi connectivity index (χ0v) is 18.2. The monoisotopic (exact) mass is 460 g/mol. The van der Waals surface area contributed by atoms with E-state index in [0.29, 0.717) is 11.8 Å². The van der Waals surface area contributed by atoms with Gasteiger partial charge in [0.2, 0.25) is 0 Å². The van der Waals surface area contributed by atoms with Crippen LogP contribution in [0.25, 0.3) is 0 Å². The topological polar surface area (TPSA) is 99.7 Å². The molecule has 0 radical (unpaired) electrons. The normalized spacial score (nSPS) is 26.9. The van der Waals surface area contributed by atoms with Gasteiger partial charge in [0, 0.05) is 37.3 Å². The third-order valence-corrected chi connectivity index (χ3v) is 7.63. The third kappa shape index (κ3) is 6.07. The number of hydrogen-bond acceptors (Lipinski definition) is 7. The van der Waals surface area contributed by atoms with Gasteiger partial charge in [0.1, 0.15) is 12.1 Å². The Hall–Kier alpha value is -1.47. The number of likely N-dealkylation sites (tertiary alicyclic amines) is 1. The molecule has 4 rings (SSSR count). The molecule has 1 aromatic heterocycles. The van der Waals surface area contributed by atoms with Gasteiger partial charge < -0.3 is 14.5 Å². The SMILES string of the molecule is O=S(=O)(NCC(F)F)N[C@@H]1CC[C@@H](CN2CCC3(CC2)CN(c2ccncn2)C3)OC1. The second-order valence-corrected chi connectivity index (χ2v) is 10.3. The quantitative estimate of drug-likeness (QED) is 0.587. The van der Waals surface area contributed by atoms with E-state index in [1.165, 1.54) is 0 Å². The van der Waals surface area contributed by atoms with Gasteiger partial charge in [-0.3, -0.25) is 0 Å². The minimum absolute atomic E-state index is 0.0720. The molecule has 1 spiro atoms. The fourth-order valence-electron chi connectivity index (χ4n) is 4.69. The summed E-state index contributed by atoms with van der Waals surface area (Å²) in [6.45, 7) is 4.36. The van der Waals surface area contributed by atoms with Gasteiger partial charge in [0.25, 0.3) is 16.6 Å². The first kappa shape index (κ1) is 22.7. The fraction of sp³-hybridized carbons (Fsp3) is 0.789. The average molecular weight is 461 g/mol. The van der Waals surface area contributed by atoms with Crippen LogP contribution in [0.4, 0.5) is 14.6 Å². The standard InChI is InChI=1S/C19H30F2N6O3S/c20-17(21)9-24-31(28,29)25-15-1-2-16(30-11-15)10-26-7-4-19(5-8-26)12-27(13-19)18-3-6-22-14-23-18/h3,6,14-17,24-25H,1-2,4-5,7-13H2/t15-,16+/m1/s1. The van der Waals surface area contributed by atoms with Gasteiger partial charge in [0.05, 0.1) is 19.3 Å². The van der Waals surface area contributed by atoms with Crippen molar-refractivity contribution in [3.8, 4) is 0 Å². The van der Waals surface area contributed by atoms with Gasteiger partial charge >= 0.3 is 0 Å². The van der Waals surface area contributed by atoms with Crippen LogP contribution in [0.2, 0.25) is 0 Å². The maximum absolute atomic E-state index is 12.2. The predicted octanol–water partition coefficient (Wildman–Crippen LogP) is 0.616. The summed E-state index contributed by atoms with van der Waals surface area (Å²) < 4.78 is 58.1. The lowest BCUT2D eigenvalue weighted by Gasteiger charge is -2.54. The molecule has 0 aromatic carbocycles. The van der Waals surface area contributed by atoms with Gasteiger partial charge in [-0.2, -0.15) is 17.9 Å². The highest BCUT2D eigenvalue weighted by atomic mass is 32.2. The minimum atomic E-state index is -3.94. The Bertz CT molecular complexity index is 807. The number of rotatable bonds is 8. The summed E-state index contributed by atoms with van der Waals surface area (Å²) in [6, 6.07) is 1.56. The minimum Gasteiger partial charge on any atom is -0.375 e. The number of nitrogens with zero attached hydrogens (tertiary/aromatic N) is 4. The van der Waals surface area contributed by atoms with Crippen molar-refractivity contribution in [2.75, 3.05) is 50.8 Å². The smallest absolute Gasteiger partial charge is 0.277 e. The van der Waals surface area contributed by atoms with Crippen LogP contribution in [0.5, 0.6) is 0 Å². The van der Waals surface area contributed by atoms with E-state index >= 15 is 0 Å². The summed E-state index contributed by atoms with van der Waals surface area (Å²) >= 11 is 0. The van der Waals surface area contributed by atoms with Gasteiger partial charge in [-0.15, -0.1) is 0 Å². The van der Waals surface area contributed by atoms with Crippen LogP contribution in [0.15, 0.2) is 18.6 Å². The molecule has 0 aliphatic carbocycles. The van der Waals surface area contributed by atoms with E-state index in [9.17, 15) is 17.2 Å². The Kier molecular flexibility index (Phi) is 7.01. The summed E-state index contributed by atoms with van der Waals surface area (Å²) in [6.07, 6.45) is 4.39. The predicted molar refractivity (Wildman–Crippen MR) is 111 cm³/mol. The zero-order valence-electron chi connectivity index (χ0n) is 17.4. The maximum atomic E-state index is 12.2. The molecule has 31 heavy (non-hydrogen) atoms. The van der Waals surface area contributed by atoms with Crippen molar-refractivity contribution in [3.05, 3.63) is 18.6 Å². The molecule has 9 nitrogen and oxygen atoms in total. The second kappa shape index (κ2) is 9.57. The largest absolute Gasteiger partial charge is 0.375 e. The van der Waals surface area contributed by atoms with Crippen LogP contribution in [-0.4, -0.2) is 87.7 Å². The first-order chi connectivity index (χ1) is 14.8. The van der Waals surface area contributed by atoms with E-state index in [0.717, 1.165) is 57.8 Å². The Balaban J connectivity index is 1.14. The van der Waals surface area contributed by atoms with Crippen LogP contribution < -0.4 is 14.3 Å². The summed E-state index contributed by atoms with van der Waals surface area (Å²) in [5, 5.41) is 0. The van der Waals surface area contributed by atoms with E-state index in [1.54, 1.807) is 12.5 Å². The highest BCUT2D eigenvalue weighted by Gasteiger charge is 2.45. The number of nitrogens with one attached hydrogen (secondary N) is 2. The second-order valence-electron chi connectivity index (χ2n) is 8.81. The first-order valence-electron chi connectivity index (χ1n) is 10.7. The average Bonchev–Trinajstić information content (AvgIpc) is 2.73. The summed E-state index contributed by atoms with van der Waals surface area (Å²) in [7, 11) is -3.94. The molecule has 174 valence electrons. The van der Waals surface area contributed by atoms with Crippen molar-refractivity contribution < 1.29 is 21.9 Å². The van der Waals surface area contributed by atoms with Crippen molar-refractivity contribution in [1.82, 2.24) is 24.3 Å². The van der Waals surface area contributed by atoms with Gasteiger partial charge in [-0.1, -0.05) is 0 Å². The molecule has 0 saturated carbocycles.